The fourth-order valence-corrected chi connectivity index (χ4v) is 1.73. The summed E-state index contributed by atoms with van der Waals surface area (Å²) in [6.07, 6.45) is 10.4. The van der Waals surface area contributed by atoms with Crippen LogP contribution in [0.4, 0.5) is 0 Å². The maximum Gasteiger partial charge on any atom is 0.0792 e. The third kappa shape index (κ3) is 1.38. The molecular formula is C10H14O. The lowest BCUT2D eigenvalue weighted by atomic mass is 10.2. The molecule has 0 radical (unpaired) electrons. The zero-order valence-electron chi connectivity index (χ0n) is 6.86. The number of rotatable bonds is 2. The molecule has 0 unspecified atom stereocenters. The van der Waals surface area contributed by atoms with E-state index in [0.717, 1.165) is 18.4 Å². The first-order valence-corrected chi connectivity index (χ1v) is 4.38. The van der Waals surface area contributed by atoms with E-state index in [1.54, 1.807) is 0 Å². The third-order valence-corrected chi connectivity index (χ3v) is 2.44. The summed E-state index contributed by atoms with van der Waals surface area (Å²) >= 11 is 0. The molecule has 3 atom stereocenters. The third-order valence-electron chi connectivity index (χ3n) is 2.44. The highest BCUT2D eigenvalue weighted by Crippen LogP contribution is 2.44. The number of hydrogen-bond acceptors (Lipinski definition) is 1. The average Bonchev–Trinajstić information content (AvgIpc) is 2.72. The van der Waals surface area contributed by atoms with Gasteiger partial charge in [0.1, 0.15) is 0 Å². The predicted molar refractivity (Wildman–Crippen MR) is 45.3 cm³/mol. The van der Waals surface area contributed by atoms with Crippen LogP contribution in [0.25, 0.3) is 0 Å². The molecule has 2 rings (SSSR count). The van der Waals surface area contributed by atoms with Crippen molar-refractivity contribution in [1.82, 2.24) is 0 Å². The first-order chi connectivity index (χ1) is 5.42. The van der Waals surface area contributed by atoms with Crippen molar-refractivity contribution in [1.29, 1.82) is 0 Å². The van der Waals surface area contributed by atoms with Gasteiger partial charge < -0.3 is 4.74 Å². The second-order valence-electron chi connectivity index (χ2n) is 3.25. The Balaban J connectivity index is 2.00. The van der Waals surface area contributed by atoms with Gasteiger partial charge in [0.2, 0.25) is 0 Å². The van der Waals surface area contributed by atoms with E-state index >= 15 is 0 Å². The Kier molecular flexibility index (Phi) is 1.82. The minimum atomic E-state index is 0.389. The summed E-state index contributed by atoms with van der Waals surface area (Å²) in [7, 11) is 0. The monoisotopic (exact) mass is 150 g/mol. The quantitative estimate of drug-likeness (QED) is 0.586. The van der Waals surface area contributed by atoms with Gasteiger partial charge in [-0.3, -0.25) is 0 Å². The van der Waals surface area contributed by atoms with Crippen molar-refractivity contribution in [2.45, 2.75) is 19.4 Å². The molecule has 1 nitrogen and oxygen atoms in total. The molecule has 2 aliphatic carbocycles. The normalized spacial score (nSPS) is 39.9. The number of hydrogen-bond donors (Lipinski definition) is 0. The molecule has 0 N–H and O–H groups in total. The molecule has 0 saturated heterocycles. The predicted octanol–water partition coefficient (Wildman–Crippen LogP) is 2.15. The summed E-state index contributed by atoms with van der Waals surface area (Å²) in [6.45, 7) is 2.89. The Morgan fingerprint density at radius 2 is 2.18 bits per heavy atom. The van der Waals surface area contributed by atoms with Crippen LogP contribution in [0.15, 0.2) is 24.3 Å². The van der Waals surface area contributed by atoms with Gasteiger partial charge in [-0.15, -0.1) is 0 Å². The van der Waals surface area contributed by atoms with Gasteiger partial charge in [-0.2, -0.15) is 0 Å². The summed E-state index contributed by atoms with van der Waals surface area (Å²) < 4.78 is 5.59. The average molecular weight is 150 g/mol. The summed E-state index contributed by atoms with van der Waals surface area (Å²) in [5, 5.41) is 0. The van der Waals surface area contributed by atoms with Crippen molar-refractivity contribution in [2.75, 3.05) is 6.61 Å². The van der Waals surface area contributed by atoms with Crippen LogP contribution >= 0.6 is 0 Å². The van der Waals surface area contributed by atoms with E-state index in [1.165, 1.54) is 6.42 Å². The summed E-state index contributed by atoms with van der Waals surface area (Å²) in [5.74, 6) is 1.59. The Morgan fingerprint density at radius 3 is 3.00 bits per heavy atom. The summed E-state index contributed by atoms with van der Waals surface area (Å²) in [4.78, 5) is 0. The molecule has 0 spiro atoms. The molecule has 0 heterocycles. The van der Waals surface area contributed by atoms with Gasteiger partial charge in [-0.1, -0.05) is 24.3 Å². The van der Waals surface area contributed by atoms with E-state index in [1.807, 2.05) is 0 Å². The highest BCUT2D eigenvalue weighted by molar-refractivity contribution is 5.19. The maximum absolute atomic E-state index is 5.59. The first kappa shape index (κ1) is 7.11. The summed E-state index contributed by atoms with van der Waals surface area (Å²) in [6, 6.07) is 0. The SMILES string of the molecule is CCO[C@@H]1C=CC=C[C@@H]2C[C@@H]21. The smallest absolute Gasteiger partial charge is 0.0792 e. The van der Waals surface area contributed by atoms with Crippen LogP contribution in [-0.4, -0.2) is 12.7 Å². The largest absolute Gasteiger partial charge is 0.374 e. The standard InChI is InChI=1S/C10H14O/c1-2-11-10-6-4-3-5-8-7-9(8)10/h3-6,8-10H,2,7H2,1H3/t8-,9+,10-/m1/s1. The molecule has 1 heteroatoms. The van der Waals surface area contributed by atoms with Crippen LogP contribution in [0.2, 0.25) is 0 Å². The van der Waals surface area contributed by atoms with Gasteiger partial charge >= 0.3 is 0 Å². The number of allylic oxidation sites excluding steroid dienone is 3. The molecule has 0 bridgehead atoms. The molecule has 1 saturated carbocycles. The van der Waals surface area contributed by atoms with Gasteiger partial charge in [-0.25, -0.2) is 0 Å². The Morgan fingerprint density at radius 1 is 1.36 bits per heavy atom. The fraction of sp³-hybridized carbons (Fsp3) is 0.600. The van der Waals surface area contributed by atoms with E-state index in [0.29, 0.717) is 6.10 Å². The molecule has 0 amide bonds. The molecule has 11 heavy (non-hydrogen) atoms. The van der Waals surface area contributed by atoms with Crippen LogP contribution in [0.5, 0.6) is 0 Å². The molecule has 0 aliphatic heterocycles. The van der Waals surface area contributed by atoms with E-state index in [2.05, 4.69) is 31.2 Å². The molecule has 1 fully saturated rings. The molecule has 0 aromatic rings. The van der Waals surface area contributed by atoms with Crippen LogP contribution in [0.1, 0.15) is 13.3 Å². The van der Waals surface area contributed by atoms with Gasteiger partial charge in [0.05, 0.1) is 6.10 Å². The van der Waals surface area contributed by atoms with Crippen LogP contribution < -0.4 is 0 Å². The lowest BCUT2D eigenvalue weighted by Gasteiger charge is -2.10. The van der Waals surface area contributed by atoms with Crippen LogP contribution in [0.3, 0.4) is 0 Å². The van der Waals surface area contributed by atoms with Gasteiger partial charge in [-0.05, 0) is 25.2 Å². The van der Waals surface area contributed by atoms with Crippen molar-refractivity contribution < 1.29 is 4.74 Å². The lowest BCUT2D eigenvalue weighted by Crippen LogP contribution is -2.12. The topological polar surface area (TPSA) is 9.23 Å². The molecule has 0 aromatic carbocycles. The zero-order valence-corrected chi connectivity index (χ0v) is 6.86. The highest BCUT2D eigenvalue weighted by atomic mass is 16.5. The fourth-order valence-electron chi connectivity index (χ4n) is 1.73. The first-order valence-electron chi connectivity index (χ1n) is 4.38. The Labute approximate surface area is 67.7 Å². The second-order valence-corrected chi connectivity index (χ2v) is 3.25. The van der Waals surface area contributed by atoms with Crippen molar-refractivity contribution in [3.8, 4) is 0 Å². The second kappa shape index (κ2) is 2.82. The molecular weight excluding hydrogens is 136 g/mol. The van der Waals surface area contributed by atoms with Crippen molar-refractivity contribution >= 4 is 0 Å². The van der Waals surface area contributed by atoms with Gasteiger partial charge in [0, 0.05) is 6.61 Å². The van der Waals surface area contributed by atoms with Crippen molar-refractivity contribution in [3.05, 3.63) is 24.3 Å². The molecule has 2 aliphatic rings. The van der Waals surface area contributed by atoms with Crippen molar-refractivity contribution in [3.63, 3.8) is 0 Å². The zero-order chi connectivity index (χ0) is 7.68. The molecule has 60 valence electrons. The van der Waals surface area contributed by atoms with Gasteiger partial charge in [0.15, 0.2) is 0 Å². The van der Waals surface area contributed by atoms with Gasteiger partial charge in [0.25, 0.3) is 0 Å². The molecule has 0 aromatic heterocycles. The van der Waals surface area contributed by atoms with E-state index in [-0.39, 0.29) is 0 Å². The van der Waals surface area contributed by atoms with E-state index in [4.69, 9.17) is 4.74 Å². The van der Waals surface area contributed by atoms with E-state index < -0.39 is 0 Å². The Bertz CT molecular complexity index is 193. The van der Waals surface area contributed by atoms with Crippen LogP contribution in [0, 0.1) is 11.8 Å². The maximum atomic E-state index is 5.59. The van der Waals surface area contributed by atoms with Crippen LogP contribution in [-0.2, 0) is 4.74 Å². The Hall–Kier alpha value is -0.560. The highest BCUT2D eigenvalue weighted by Gasteiger charge is 2.41. The van der Waals surface area contributed by atoms with Crippen molar-refractivity contribution in [2.24, 2.45) is 11.8 Å². The number of fused-ring (bicyclic) bond motifs is 1. The summed E-state index contributed by atoms with van der Waals surface area (Å²) in [5.41, 5.74) is 0. The number of ether oxygens (including phenoxy) is 1. The van der Waals surface area contributed by atoms with E-state index in [9.17, 15) is 0 Å². The lowest BCUT2D eigenvalue weighted by molar-refractivity contribution is 0.0792. The minimum absolute atomic E-state index is 0.389. The minimum Gasteiger partial charge on any atom is -0.374 e.